The molecule has 0 radical (unpaired) electrons. The lowest BCUT2D eigenvalue weighted by molar-refractivity contribution is -0.124. The second-order valence-corrected chi connectivity index (χ2v) is 6.00. The molecule has 1 N–H and O–H groups in total. The minimum absolute atomic E-state index is 0.00176. The number of hydrogen-bond acceptors (Lipinski definition) is 4. The Morgan fingerprint density at radius 3 is 2.82 bits per heavy atom. The summed E-state index contributed by atoms with van der Waals surface area (Å²) in [5, 5.41) is 7.23. The Kier molecular flexibility index (Phi) is 4.15. The number of aryl methyl sites for hydroxylation is 1. The molecule has 2 aliphatic rings. The van der Waals surface area contributed by atoms with Crippen molar-refractivity contribution in [2.24, 2.45) is 5.92 Å². The largest absolute Gasteiger partial charge is 0.350 e. The van der Waals surface area contributed by atoms with Crippen LogP contribution in [0, 0.1) is 5.92 Å². The lowest BCUT2D eigenvalue weighted by atomic mass is 10.1. The number of aromatic nitrogens is 2. The molecule has 7 nitrogen and oxygen atoms in total. The summed E-state index contributed by atoms with van der Waals surface area (Å²) in [5.74, 6) is -0.120. The van der Waals surface area contributed by atoms with Gasteiger partial charge in [-0.25, -0.2) is 0 Å². The van der Waals surface area contributed by atoms with Crippen molar-refractivity contribution >= 4 is 11.8 Å². The zero-order chi connectivity index (χ0) is 15.7. The molecule has 22 heavy (non-hydrogen) atoms. The summed E-state index contributed by atoms with van der Waals surface area (Å²) in [4.78, 5) is 29.1. The van der Waals surface area contributed by atoms with Crippen LogP contribution >= 0.6 is 0 Å². The Morgan fingerprint density at radius 2 is 2.09 bits per heavy atom. The molecule has 1 aromatic heterocycles. The van der Waals surface area contributed by atoms with Crippen molar-refractivity contribution in [2.45, 2.75) is 26.4 Å². The number of nitrogens with one attached hydrogen (secondary N) is 1. The molecule has 0 unspecified atom stereocenters. The Hall–Kier alpha value is -1.89. The van der Waals surface area contributed by atoms with Gasteiger partial charge in [0, 0.05) is 38.9 Å². The van der Waals surface area contributed by atoms with Gasteiger partial charge in [0.05, 0.1) is 12.0 Å². The highest BCUT2D eigenvalue weighted by Gasteiger charge is 2.37. The highest BCUT2D eigenvalue weighted by atomic mass is 16.2. The van der Waals surface area contributed by atoms with E-state index in [0.717, 1.165) is 19.6 Å². The molecule has 2 aliphatic heterocycles. The number of carbonyl (C=O) groups is 2. The lowest BCUT2D eigenvalue weighted by Crippen LogP contribution is -2.49. The minimum Gasteiger partial charge on any atom is -0.350 e. The van der Waals surface area contributed by atoms with Gasteiger partial charge in [-0.15, -0.1) is 0 Å². The standard InChI is InChI=1S/C15H23N5O2/c1-3-18-7-11-8-19(10-12(9-18)17-14(11)21)15(22)13-5-6-16-20(13)4-2/h5-6,11-12H,3-4,7-10H2,1-2H3,(H,17,21)/t11-,12+/m1/s1. The van der Waals surface area contributed by atoms with Crippen LogP contribution in [0.2, 0.25) is 0 Å². The third-order valence-electron chi connectivity index (χ3n) is 4.53. The molecule has 2 amide bonds. The van der Waals surface area contributed by atoms with Crippen molar-refractivity contribution in [2.75, 3.05) is 32.7 Å². The highest BCUT2D eigenvalue weighted by molar-refractivity contribution is 5.93. The van der Waals surface area contributed by atoms with Gasteiger partial charge in [-0.3, -0.25) is 14.3 Å². The summed E-state index contributed by atoms with van der Waals surface area (Å²) in [6.07, 6.45) is 1.65. The molecule has 0 aliphatic carbocycles. The summed E-state index contributed by atoms with van der Waals surface area (Å²) in [6, 6.07) is 1.75. The molecule has 7 heteroatoms. The quantitative estimate of drug-likeness (QED) is 0.839. The van der Waals surface area contributed by atoms with E-state index < -0.39 is 0 Å². The molecule has 0 aromatic carbocycles. The average molecular weight is 305 g/mol. The lowest BCUT2D eigenvalue weighted by Gasteiger charge is -2.32. The average Bonchev–Trinajstić information content (AvgIpc) is 2.85. The van der Waals surface area contributed by atoms with Crippen molar-refractivity contribution in [1.82, 2.24) is 24.9 Å². The smallest absolute Gasteiger partial charge is 0.272 e. The van der Waals surface area contributed by atoms with Gasteiger partial charge in [-0.2, -0.15) is 5.10 Å². The zero-order valence-corrected chi connectivity index (χ0v) is 13.2. The summed E-state index contributed by atoms with van der Waals surface area (Å²) in [6.45, 7) is 8.22. The summed E-state index contributed by atoms with van der Waals surface area (Å²) >= 11 is 0. The normalized spacial score (nSPS) is 25.7. The van der Waals surface area contributed by atoms with Crippen LogP contribution in [0.4, 0.5) is 0 Å². The van der Waals surface area contributed by atoms with Crippen molar-refractivity contribution in [3.63, 3.8) is 0 Å². The predicted octanol–water partition coefficient (Wildman–Crippen LogP) is -0.205. The number of carbonyl (C=O) groups excluding carboxylic acids is 2. The predicted molar refractivity (Wildman–Crippen MR) is 81.3 cm³/mol. The zero-order valence-electron chi connectivity index (χ0n) is 13.2. The second-order valence-electron chi connectivity index (χ2n) is 6.00. The molecule has 0 saturated carbocycles. The number of fused-ring (bicyclic) bond motifs is 3. The third kappa shape index (κ3) is 2.72. The fraction of sp³-hybridized carbons (Fsp3) is 0.667. The van der Waals surface area contributed by atoms with E-state index in [0.29, 0.717) is 25.3 Å². The SMILES string of the molecule is CCN1C[C@H]2CN(C(=O)c3ccnn3CC)C[C@@H](C1)C(=O)N2. The number of rotatable bonds is 3. The van der Waals surface area contributed by atoms with E-state index in [-0.39, 0.29) is 23.8 Å². The van der Waals surface area contributed by atoms with Crippen LogP contribution in [-0.2, 0) is 11.3 Å². The van der Waals surface area contributed by atoms with Crippen molar-refractivity contribution in [3.8, 4) is 0 Å². The van der Waals surface area contributed by atoms with E-state index in [1.54, 1.807) is 16.9 Å². The Balaban J connectivity index is 1.82. The summed E-state index contributed by atoms with van der Waals surface area (Å²) in [7, 11) is 0. The van der Waals surface area contributed by atoms with E-state index in [4.69, 9.17) is 0 Å². The minimum atomic E-state index is -0.158. The third-order valence-corrected chi connectivity index (χ3v) is 4.53. The van der Waals surface area contributed by atoms with E-state index in [1.807, 2.05) is 11.8 Å². The Labute approximate surface area is 130 Å². The second kappa shape index (κ2) is 6.08. The van der Waals surface area contributed by atoms with Crippen LogP contribution in [-0.4, -0.2) is 70.2 Å². The van der Waals surface area contributed by atoms with Gasteiger partial charge >= 0.3 is 0 Å². The Morgan fingerprint density at radius 1 is 1.27 bits per heavy atom. The van der Waals surface area contributed by atoms with E-state index in [1.165, 1.54) is 0 Å². The van der Waals surface area contributed by atoms with Gasteiger partial charge in [-0.05, 0) is 19.5 Å². The van der Waals surface area contributed by atoms with Crippen LogP contribution in [0.3, 0.4) is 0 Å². The molecular weight excluding hydrogens is 282 g/mol. The monoisotopic (exact) mass is 305 g/mol. The van der Waals surface area contributed by atoms with Gasteiger partial charge in [0.1, 0.15) is 5.69 Å². The van der Waals surface area contributed by atoms with Crippen LogP contribution < -0.4 is 5.32 Å². The molecule has 2 atom stereocenters. The number of amides is 2. The van der Waals surface area contributed by atoms with E-state index in [9.17, 15) is 9.59 Å². The molecule has 2 fully saturated rings. The molecule has 3 rings (SSSR count). The molecule has 3 heterocycles. The van der Waals surface area contributed by atoms with Gasteiger partial charge in [-0.1, -0.05) is 6.92 Å². The van der Waals surface area contributed by atoms with Gasteiger partial charge in [0.15, 0.2) is 0 Å². The fourth-order valence-electron chi connectivity index (χ4n) is 3.35. The topological polar surface area (TPSA) is 70.5 Å². The van der Waals surface area contributed by atoms with Crippen molar-refractivity contribution in [1.29, 1.82) is 0 Å². The van der Waals surface area contributed by atoms with Gasteiger partial charge in [0.25, 0.3) is 5.91 Å². The van der Waals surface area contributed by atoms with E-state index in [2.05, 4.69) is 22.2 Å². The van der Waals surface area contributed by atoms with Crippen LogP contribution in [0.5, 0.6) is 0 Å². The maximum atomic E-state index is 12.8. The van der Waals surface area contributed by atoms with Crippen LogP contribution in [0.15, 0.2) is 12.3 Å². The summed E-state index contributed by atoms with van der Waals surface area (Å²) in [5.41, 5.74) is 0.599. The molecule has 2 bridgehead atoms. The molecule has 2 saturated heterocycles. The first-order chi connectivity index (χ1) is 10.6. The van der Waals surface area contributed by atoms with Gasteiger partial charge in [0.2, 0.25) is 5.91 Å². The fourth-order valence-corrected chi connectivity index (χ4v) is 3.35. The number of likely N-dealkylation sites (N-methyl/N-ethyl adjacent to an activating group) is 1. The van der Waals surface area contributed by atoms with Crippen LogP contribution in [0.25, 0.3) is 0 Å². The van der Waals surface area contributed by atoms with Crippen LogP contribution in [0.1, 0.15) is 24.3 Å². The molecular formula is C15H23N5O2. The maximum absolute atomic E-state index is 12.8. The van der Waals surface area contributed by atoms with Gasteiger partial charge < -0.3 is 15.1 Å². The first kappa shape index (κ1) is 15.0. The maximum Gasteiger partial charge on any atom is 0.272 e. The molecule has 0 spiro atoms. The summed E-state index contributed by atoms with van der Waals surface area (Å²) < 4.78 is 1.70. The first-order valence-electron chi connectivity index (χ1n) is 7.96. The number of nitrogens with zero attached hydrogens (tertiary/aromatic N) is 4. The Bertz CT molecular complexity index is 570. The highest BCUT2D eigenvalue weighted by Crippen LogP contribution is 2.18. The number of hydrogen-bond donors (Lipinski definition) is 1. The first-order valence-corrected chi connectivity index (χ1v) is 7.96. The molecule has 120 valence electrons. The molecule has 1 aromatic rings. The van der Waals surface area contributed by atoms with E-state index >= 15 is 0 Å². The van der Waals surface area contributed by atoms with Crippen molar-refractivity contribution < 1.29 is 9.59 Å². The van der Waals surface area contributed by atoms with Crippen molar-refractivity contribution in [3.05, 3.63) is 18.0 Å².